The average Bonchev–Trinajstić information content (AvgIpc) is 3.16. The number of allylic oxidation sites excluding steroid dienone is 1. The van der Waals surface area contributed by atoms with Crippen LogP contribution in [0.1, 0.15) is 16.1 Å². The molecule has 0 aliphatic rings. The van der Waals surface area contributed by atoms with Gasteiger partial charge in [-0.1, -0.05) is 29.3 Å². The quantitative estimate of drug-likeness (QED) is 0.365. The number of carbonyl (C=O) groups excluding carboxylic acids is 1. The summed E-state index contributed by atoms with van der Waals surface area (Å²) in [6, 6.07) is 13.9. The molecular formula is C21H16Cl2O4. The van der Waals surface area contributed by atoms with Gasteiger partial charge in [0.2, 0.25) is 0 Å². The maximum Gasteiger partial charge on any atom is 0.189 e. The van der Waals surface area contributed by atoms with Gasteiger partial charge in [0.05, 0.1) is 29.8 Å². The first-order valence-electron chi connectivity index (χ1n) is 8.02. The molecule has 0 saturated heterocycles. The fourth-order valence-electron chi connectivity index (χ4n) is 2.54. The Hall–Kier alpha value is -2.69. The first-order valence-corrected chi connectivity index (χ1v) is 8.77. The van der Waals surface area contributed by atoms with Gasteiger partial charge < -0.3 is 13.9 Å². The van der Waals surface area contributed by atoms with Crippen molar-refractivity contribution in [3.63, 3.8) is 0 Å². The number of benzene rings is 2. The van der Waals surface area contributed by atoms with Crippen LogP contribution in [-0.2, 0) is 0 Å². The number of ether oxygens (including phenoxy) is 2. The van der Waals surface area contributed by atoms with Gasteiger partial charge in [0.25, 0.3) is 0 Å². The third-order valence-electron chi connectivity index (χ3n) is 3.91. The summed E-state index contributed by atoms with van der Waals surface area (Å²) in [6.07, 6.45) is 3.00. The largest absolute Gasteiger partial charge is 0.497 e. The van der Waals surface area contributed by atoms with Crippen LogP contribution in [0.5, 0.6) is 11.5 Å². The van der Waals surface area contributed by atoms with E-state index in [1.165, 1.54) is 20.3 Å². The van der Waals surface area contributed by atoms with Crippen molar-refractivity contribution in [1.82, 2.24) is 0 Å². The van der Waals surface area contributed by atoms with E-state index in [2.05, 4.69) is 0 Å². The molecule has 0 aliphatic carbocycles. The second-order valence-electron chi connectivity index (χ2n) is 5.57. The molecule has 1 aromatic heterocycles. The van der Waals surface area contributed by atoms with Gasteiger partial charge in [-0.05, 0) is 54.6 Å². The molecule has 3 aromatic rings. The van der Waals surface area contributed by atoms with Crippen LogP contribution in [0, 0.1) is 0 Å². The van der Waals surface area contributed by atoms with Crippen LogP contribution in [-0.4, -0.2) is 20.0 Å². The fraction of sp³-hybridized carbons (Fsp3) is 0.0952. The van der Waals surface area contributed by atoms with Gasteiger partial charge >= 0.3 is 0 Å². The normalized spacial score (nSPS) is 11.0. The highest BCUT2D eigenvalue weighted by atomic mass is 35.5. The molecule has 1 heterocycles. The fourth-order valence-corrected chi connectivity index (χ4v) is 2.93. The molecule has 0 bridgehead atoms. The Kier molecular flexibility index (Phi) is 5.89. The minimum atomic E-state index is -0.232. The number of rotatable bonds is 6. The number of hydrogen-bond donors (Lipinski definition) is 0. The first-order chi connectivity index (χ1) is 13.0. The Morgan fingerprint density at radius 3 is 2.59 bits per heavy atom. The van der Waals surface area contributed by atoms with Crippen molar-refractivity contribution >= 4 is 35.1 Å². The van der Waals surface area contributed by atoms with Gasteiger partial charge in [0.1, 0.15) is 23.0 Å². The monoisotopic (exact) mass is 402 g/mol. The average molecular weight is 403 g/mol. The lowest BCUT2D eigenvalue weighted by atomic mass is 10.1. The zero-order valence-electron chi connectivity index (χ0n) is 14.7. The molecule has 2 aromatic carbocycles. The summed E-state index contributed by atoms with van der Waals surface area (Å²) >= 11 is 12.3. The van der Waals surface area contributed by atoms with Crippen molar-refractivity contribution in [3.8, 4) is 22.8 Å². The summed E-state index contributed by atoms with van der Waals surface area (Å²) in [5.41, 5.74) is 1.09. The lowest BCUT2D eigenvalue weighted by Crippen LogP contribution is -1.99. The Morgan fingerprint density at radius 2 is 1.85 bits per heavy atom. The standard InChI is InChI=1S/C21H16Cl2O4/c1-25-14-8-10-19(26-2)16(12-14)18(24)9-6-13-7-11-20(27-13)15-4-3-5-17(22)21(15)23/h3-12H,1-2H3/b9-6+. The molecule has 0 fully saturated rings. The molecule has 4 nitrogen and oxygen atoms in total. The van der Waals surface area contributed by atoms with Crippen LogP contribution in [0.2, 0.25) is 10.0 Å². The van der Waals surface area contributed by atoms with E-state index in [1.54, 1.807) is 48.5 Å². The van der Waals surface area contributed by atoms with Crippen molar-refractivity contribution in [2.75, 3.05) is 14.2 Å². The van der Waals surface area contributed by atoms with E-state index < -0.39 is 0 Å². The minimum absolute atomic E-state index is 0.232. The van der Waals surface area contributed by atoms with E-state index in [4.69, 9.17) is 37.1 Å². The topological polar surface area (TPSA) is 48.7 Å². The second-order valence-corrected chi connectivity index (χ2v) is 6.35. The second kappa shape index (κ2) is 8.33. The van der Waals surface area contributed by atoms with Gasteiger partial charge in [-0.2, -0.15) is 0 Å². The molecule has 0 saturated carbocycles. The molecule has 27 heavy (non-hydrogen) atoms. The highest BCUT2D eigenvalue weighted by Gasteiger charge is 2.13. The Labute approximate surface area is 166 Å². The summed E-state index contributed by atoms with van der Waals surface area (Å²) in [6.45, 7) is 0. The maximum atomic E-state index is 12.5. The molecule has 0 amide bonds. The van der Waals surface area contributed by atoms with Gasteiger partial charge in [0.15, 0.2) is 5.78 Å². The van der Waals surface area contributed by atoms with Crippen molar-refractivity contribution in [3.05, 3.63) is 76.0 Å². The lowest BCUT2D eigenvalue weighted by Gasteiger charge is -2.07. The summed E-state index contributed by atoms with van der Waals surface area (Å²) < 4.78 is 16.2. The van der Waals surface area contributed by atoms with Gasteiger partial charge in [-0.25, -0.2) is 0 Å². The smallest absolute Gasteiger partial charge is 0.189 e. The Balaban J connectivity index is 1.84. The number of ketones is 1. The van der Waals surface area contributed by atoms with Crippen molar-refractivity contribution in [1.29, 1.82) is 0 Å². The predicted molar refractivity (Wildman–Crippen MR) is 107 cm³/mol. The molecular weight excluding hydrogens is 387 g/mol. The van der Waals surface area contributed by atoms with E-state index >= 15 is 0 Å². The van der Waals surface area contributed by atoms with E-state index in [0.717, 1.165) is 0 Å². The first kappa shape index (κ1) is 19.1. The van der Waals surface area contributed by atoms with Crippen LogP contribution in [0.4, 0.5) is 0 Å². The van der Waals surface area contributed by atoms with Gasteiger partial charge in [0, 0.05) is 5.56 Å². The van der Waals surface area contributed by atoms with Crippen molar-refractivity contribution < 1.29 is 18.7 Å². The molecule has 0 aliphatic heterocycles. The summed E-state index contributed by atoms with van der Waals surface area (Å²) in [4.78, 5) is 12.5. The molecule has 0 N–H and O–H groups in total. The number of carbonyl (C=O) groups is 1. The van der Waals surface area contributed by atoms with Crippen LogP contribution >= 0.6 is 23.2 Å². The zero-order valence-corrected chi connectivity index (χ0v) is 16.2. The maximum absolute atomic E-state index is 12.5. The van der Waals surface area contributed by atoms with Crippen LogP contribution in [0.15, 0.2) is 59.0 Å². The molecule has 0 radical (unpaired) electrons. The number of furan rings is 1. The molecule has 0 spiro atoms. The number of hydrogen-bond acceptors (Lipinski definition) is 4. The van der Waals surface area contributed by atoms with E-state index in [-0.39, 0.29) is 5.78 Å². The number of halogens is 2. The third kappa shape index (κ3) is 4.18. The van der Waals surface area contributed by atoms with Crippen LogP contribution in [0.25, 0.3) is 17.4 Å². The molecule has 3 rings (SSSR count). The highest BCUT2D eigenvalue weighted by molar-refractivity contribution is 6.43. The van der Waals surface area contributed by atoms with E-state index in [0.29, 0.717) is 44.2 Å². The molecule has 6 heteroatoms. The van der Waals surface area contributed by atoms with Crippen molar-refractivity contribution in [2.45, 2.75) is 0 Å². The lowest BCUT2D eigenvalue weighted by molar-refractivity contribution is 0.104. The Morgan fingerprint density at radius 1 is 1.04 bits per heavy atom. The summed E-state index contributed by atoms with van der Waals surface area (Å²) in [7, 11) is 3.05. The predicted octanol–water partition coefficient (Wildman–Crippen LogP) is 6.17. The number of methoxy groups -OCH3 is 2. The summed E-state index contributed by atoms with van der Waals surface area (Å²) in [5.74, 6) is 1.88. The minimum Gasteiger partial charge on any atom is -0.497 e. The SMILES string of the molecule is COc1ccc(OC)c(C(=O)/C=C/c2ccc(-c3cccc(Cl)c3Cl)o2)c1. The Bertz CT molecular complexity index is 1010. The van der Waals surface area contributed by atoms with E-state index in [1.807, 2.05) is 6.07 Å². The van der Waals surface area contributed by atoms with Crippen molar-refractivity contribution in [2.24, 2.45) is 0 Å². The molecule has 0 atom stereocenters. The van der Waals surface area contributed by atoms with Crippen LogP contribution in [0.3, 0.4) is 0 Å². The highest BCUT2D eigenvalue weighted by Crippen LogP contribution is 2.34. The third-order valence-corrected chi connectivity index (χ3v) is 4.73. The van der Waals surface area contributed by atoms with Gasteiger partial charge in [-0.15, -0.1) is 0 Å². The molecule has 0 unspecified atom stereocenters. The van der Waals surface area contributed by atoms with E-state index in [9.17, 15) is 4.79 Å². The zero-order chi connectivity index (χ0) is 19.4. The van der Waals surface area contributed by atoms with Crippen LogP contribution < -0.4 is 9.47 Å². The van der Waals surface area contributed by atoms with Gasteiger partial charge in [-0.3, -0.25) is 4.79 Å². The summed E-state index contributed by atoms with van der Waals surface area (Å²) in [5, 5.41) is 0.865. The molecule has 138 valence electrons.